The number of halogens is 2. The molecule has 1 aliphatic rings. The van der Waals surface area contributed by atoms with Gasteiger partial charge in [0.05, 0.1) is 10.9 Å². The Hall–Kier alpha value is -3.27. The van der Waals surface area contributed by atoms with E-state index in [1.54, 1.807) is 0 Å². The molecule has 4 rings (SSSR count). The first-order chi connectivity index (χ1) is 12.3. The van der Waals surface area contributed by atoms with Crippen LogP contribution >= 0.6 is 12.2 Å². The standard InChI is InChI=1S/C16H9F2N3O4S/c17-16(18)24-11-4-2-8(6-12(11)25-16)19-13(22)7-1-3-9-10(5-7)20-15(26)21-14(9)23/h1-6H,(H,19,22)(H2,20,21,23,26). The first-order valence-corrected chi connectivity index (χ1v) is 7.69. The van der Waals surface area contributed by atoms with Crippen LogP contribution in [0, 0.1) is 4.77 Å². The molecule has 0 unspecified atom stereocenters. The van der Waals surface area contributed by atoms with Gasteiger partial charge in [-0.25, -0.2) is 0 Å². The molecule has 132 valence electrons. The van der Waals surface area contributed by atoms with Crippen LogP contribution in [-0.4, -0.2) is 22.2 Å². The molecule has 26 heavy (non-hydrogen) atoms. The van der Waals surface area contributed by atoms with Crippen molar-refractivity contribution < 1.29 is 23.0 Å². The van der Waals surface area contributed by atoms with Crippen molar-refractivity contribution in [3.63, 3.8) is 0 Å². The summed E-state index contributed by atoms with van der Waals surface area (Å²) in [6, 6.07) is 8.31. The lowest BCUT2D eigenvalue weighted by molar-refractivity contribution is -0.286. The molecule has 0 radical (unpaired) electrons. The van der Waals surface area contributed by atoms with Gasteiger partial charge < -0.3 is 19.8 Å². The molecule has 0 fully saturated rings. The van der Waals surface area contributed by atoms with Gasteiger partial charge in [0.2, 0.25) is 0 Å². The highest BCUT2D eigenvalue weighted by molar-refractivity contribution is 7.71. The van der Waals surface area contributed by atoms with E-state index in [1.807, 2.05) is 0 Å². The first kappa shape index (κ1) is 16.2. The molecular weight excluding hydrogens is 368 g/mol. The third kappa shape index (κ3) is 2.90. The minimum absolute atomic E-state index is 0.120. The maximum absolute atomic E-state index is 13.0. The number of aromatic amines is 2. The van der Waals surface area contributed by atoms with Crippen LogP contribution in [0.15, 0.2) is 41.2 Å². The predicted molar refractivity (Wildman–Crippen MR) is 90.4 cm³/mol. The van der Waals surface area contributed by atoms with E-state index in [4.69, 9.17) is 12.2 Å². The van der Waals surface area contributed by atoms with Crippen LogP contribution in [0.4, 0.5) is 14.5 Å². The number of alkyl halides is 2. The van der Waals surface area contributed by atoms with Gasteiger partial charge in [-0.1, -0.05) is 0 Å². The Morgan fingerprint density at radius 2 is 1.85 bits per heavy atom. The molecule has 2 heterocycles. The van der Waals surface area contributed by atoms with Crippen LogP contribution in [0.1, 0.15) is 10.4 Å². The van der Waals surface area contributed by atoms with Crippen molar-refractivity contribution in [3.8, 4) is 11.5 Å². The van der Waals surface area contributed by atoms with Gasteiger partial charge in [0.1, 0.15) is 0 Å². The van der Waals surface area contributed by atoms with Crippen LogP contribution in [-0.2, 0) is 0 Å². The summed E-state index contributed by atoms with van der Waals surface area (Å²) >= 11 is 4.91. The van der Waals surface area contributed by atoms with E-state index in [0.717, 1.165) is 0 Å². The third-order valence-electron chi connectivity index (χ3n) is 3.66. The summed E-state index contributed by atoms with van der Waals surface area (Å²) in [6.07, 6.45) is -3.73. The Morgan fingerprint density at radius 1 is 1.08 bits per heavy atom. The molecule has 0 spiro atoms. The van der Waals surface area contributed by atoms with Crippen LogP contribution in [0.25, 0.3) is 10.9 Å². The maximum Gasteiger partial charge on any atom is 0.586 e. The van der Waals surface area contributed by atoms with Gasteiger partial charge in [0.25, 0.3) is 11.5 Å². The Balaban J connectivity index is 1.62. The number of aromatic nitrogens is 2. The molecule has 7 nitrogen and oxygen atoms in total. The van der Waals surface area contributed by atoms with Gasteiger partial charge in [-0.3, -0.25) is 14.6 Å². The van der Waals surface area contributed by atoms with Crippen molar-refractivity contribution in [2.75, 3.05) is 5.32 Å². The van der Waals surface area contributed by atoms with Crippen molar-refractivity contribution in [1.82, 2.24) is 9.97 Å². The number of hydrogen-bond donors (Lipinski definition) is 3. The number of carbonyl (C=O) groups is 1. The quantitative estimate of drug-likeness (QED) is 0.596. The normalized spacial score (nSPS) is 14.4. The van der Waals surface area contributed by atoms with Crippen molar-refractivity contribution >= 4 is 34.7 Å². The monoisotopic (exact) mass is 377 g/mol. The van der Waals surface area contributed by atoms with Crippen LogP contribution in [0.2, 0.25) is 0 Å². The Kier molecular flexibility index (Phi) is 3.51. The number of rotatable bonds is 2. The number of H-pyrrole nitrogens is 2. The van der Waals surface area contributed by atoms with Crippen LogP contribution < -0.4 is 20.3 Å². The number of benzene rings is 2. The van der Waals surface area contributed by atoms with Crippen molar-refractivity contribution in [2.45, 2.75) is 6.29 Å². The number of amides is 1. The van der Waals surface area contributed by atoms with Gasteiger partial charge in [-0.2, -0.15) is 0 Å². The highest BCUT2D eigenvalue weighted by Crippen LogP contribution is 2.42. The molecule has 3 N–H and O–H groups in total. The molecule has 0 aliphatic carbocycles. The Morgan fingerprint density at radius 3 is 2.65 bits per heavy atom. The fraction of sp³-hybridized carbons (Fsp3) is 0.0625. The molecule has 1 aliphatic heterocycles. The number of anilines is 1. The second kappa shape index (κ2) is 5.63. The molecule has 0 saturated heterocycles. The zero-order chi connectivity index (χ0) is 18.5. The zero-order valence-electron chi connectivity index (χ0n) is 12.8. The summed E-state index contributed by atoms with van der Waals surface area (Å²) in [5.41, 5.74) is 0.523. The van der Waals surface area contributed by atoms with E-state index in [-0.39, 0.29) is 33.1 Å². The Bertz CT molecular complexity index is 1170. The molecule has 2 aromatic carbocycles. The fourth-order valence-corrected chi connectivity index (χ4v) is 2.74. The molecule has 1 amide bonds. The van der Waals surface area contributed by atoms with Gasteiger partial charge in [0.15, 0.2) is 16.3 Å². The van der Waals surface area contributed by atoms with Crippen LogP contribution in [0.5, 0.6) is 11.5 Å². The highest BCUT2D eigenvalue weighted by Gasteiger charge is 2.43. The summed E-state index contributed by atoms with van der Waals surface area (Å²) in [4.78, 5) is 29.4. The zero-order valence-corrected chi connectivity index (χ0v) is 13.6. The molecular formula is C16H9F2N3O4S. The summed E-state index contributed by atoms with van der Waals surface area (Å²) in [5.74, 6) is -0.801. The third-order valence-corrected chi connectivity index (χ3v) is 3.86. The number of fused-ring (bicyclic) bond motifs is 2. The lowest BCUT2D eigenvalue weighted by Gasteiger charge is -2.07. The molecule has 3 aromatic rings. The fourth-order valence-electron chi connectivity index (χ4n) is 2.54. The van der Waals surface area contributed by atoms with E-state index in [2.05, 4.69) is 24.8 Å². The topological polar surface area (TPSA) is 96.2 Å². The van der Waals surface area contributed by atoms with E-state index in [1.165, 1.54) is 36.4 Å². The van der Waals surface area contributed by atoms with Gasteiger partial charge in [0, 0.05) is 17.3 Å². The largest absolute Gasteiger partial charge is 0.586 e. The van der Waals surface area contributed by atoms with Gasteiger partial charge in [-0.05, 0) is 42.5 Å². The van der Waals surface area contributed by atoms with Crippen LogP contribution in [0.3, 0.4) is 0 Å². The smallest absolute Gasteiger partial charge is 0.395 e. The lowest BCUT2D eigenvalue weighted by atomic mass is 10.1. The van der Waals surface area contributed by atoms with Gasteiger partial charge in [-0.15, -0.1) is 8.78 Å². The highest BCUT2D eigenvalue weighted by atomic mass is 32.1. The minimum Gasteiger partial charge on any atom is -0.395 e. The van der Waals surface area contributed by atoms with Crippen molar-refractivity contribution in [2.24, 2.45) is 0 Å². The number of nitrogens with one attached hydrogen (secondary N) is 3. The minimum atomic E-state index is -3.73. The Labute approximate surface area is 148 Å². The summed E-state index contributed by atoms with van der Waals surface area (Å²) in [6.45, 7) is 0. The average molecular weight is 377 g/mol. The molecule has 0 bridgehead atoms. The van der Waals surface area contributed by atoms with E-state index >= 15 is 0 Å². The summed E-state index contributed by atoms with van der Waals surface area (Å²) in [7, 11) is 0. The summed E-state index contributed by atoms with van der Waals surface area (Å²) in [5, 5.41) is 2.91. The van der Waals surface area contributed by atoms with Crippen molar-refractivity contribution in [1.29, 1.82) is 0 Å². The average Bonchev–Trinajstić information content (AvgIpc) is 2.87. The number of carbonyl (C=O) groups excluding carboxylic acids is 1. The maximum atomic E-state index is 13.0. The number of ether oxygens (including phenoxy) is 2. The molecule has 0 atom stereocenters. The second-order valence-corrected chi connectivity index (χ2v) is 5.86. The SMILES string of the molecule is O=C(Nc1ccc2c(c1)OC(F)(F)O2)c1ccc2c(=O)[nH]c(=S)[nH]c2c1. The molecule has 10 heteroatoms. The van der Waals surface area contributed by atoms with E-state index in [9.17, 15) is 18.4 Å². The first-order valence-electron chi connectivity index (χ1n) is 7.28. The van der Waals surface area contributed by atoms with Crippen molar-refractivity contribution in [3.05, 3.63) is 57.1 Å². The molecule has 0 saturated carbocycles. The molecule has 1 aromatic heterocycles. The van der Waals surface area contributed by atoms with E-state index < -0.39 is 12.2 Å². The van der Waals surface area contributed by atoms with Gasteiger partial charge >= 0.3 is 6.29 Å². The van der Waals surface area contributed by atoms with E-state index in [0.29, 0.717) is 10.9 Å². The predicted octanol–water partition coefficient (Wildman–Crippen LogP) is 3.16. The lowest BCUT2D eigenvalue weighted by Crippen LogP contribution is -2.25. The summed E-state index contributed by atoms with van der Waals surface area (Å²) < 4.78 is 34.9. The second-order valence-electron chi connectivity index (χ2n) is 5.45. The number of hydrogen-bond acceptors (Lipinski definition) is 5.